The minimum atomic E-state index is 0.247. The van der Waals surface area contributed by atoms with E-state index in [9.17, 15) is 0 Å². The summed E-state index contributed by atoms with van der Waals surface area (Å²) < 4.78 is 3.19. The molecule has 0 N–H and O–H groups in total. The van der Waals surface area contributed by atoms with E-state index < -0.39 is 0 Å². The number of halogens is 1. The molecule has 2 aromatic heterocycles. The molecule has 4 aromatic rings. The lowest BCUT2D eigenvalue weighted by atomic mass is 9.93. The summed E-state index contributed by atoms with van der Waals surface area (Å²) >= 11 is 3.52. The summed E-state index contributed by atoms with van der Waals surface area (Å²) in [6.45, 7) is 2.60. The van der Waals surface area contributed by atoms with Gasteiger partial charge in [0.25, 0.3) is 0 Å². The van der Waals surface area contributed by atoms with E-state index in [1.807, 2.05) is 6.20 Å². The third-order valence-electron chi connectivity index (χ3n) is 6.47. The Morgan fingerprint density at radius 3 is 2.26 bits per heavy atom. The first-order valence-corrected chi connectivity index (χ1v) is 11.5. The molecular weight excluding hydrogens is 450 g/mol. The zero-order valence-corrected chi connectivity index (χ0v) is 18.7. The van der Waals surface area contributed by atoms with Crippen molar-refractivity contribution >= 4 is 15.9 Å². The fraction of sp³-hybridized carbons (Fsp3) is 0.240. The highest BCUT2D eigenvalue weighted by Gasteiger charge is 2.32. The van der Waals surface area contributed by atoms with Crippen molar-refractivity contribution < 1.29 is 0 Å². The van der Waals surface area contributed by atoms with Crippen LogP contribution in [0.3, 0.4) is 0 Å². The number of aromatic nitrogens is 4. The van der Waals surface area contributed by atoms with E-state index in [0.29, 0.717) is 0 Å². The highest BCUT2D eigenvalue weighted by Crippen LogP contribution is 2.38. The van der Waals surface area contributed by atoms with Crippen molar-refractivity contribution in [3.05, 3.63) is 99.5 Å². The molecule has 2 aromatic carbocycles. The average molecular weight is 472 g/mol. The van der Waals surface area contributed by atoms with Gasteiger partial charge in [0.05, 0.1) is 12.6 Å². The number of hydrogen-bond donors (Lipinski definition) is 0. The van der Waals surface area contributed by atoms with E-state index in [-0.39, 0.29) is 6.04 Å². The van der Waals surface area contributed by atoms with E-state index in [0.717, 1.165) is 54.2 Å². The summed E-state index contributed by atoms with van der Waals surface area (Å²) in [5.74, 6) is 1.91. The molecule has 31 heavy (non-hydrogen) atoms. The first kappa shape index (κ1) is 18.9. The molecule has 1 aliphatic heterocycles. The summed E-state index contributed by atoms with van der Waals surface area (Å²) in [7, 11) is 0. The van der Waals surface area contributed by atoms with Gasteiger partial charge in [0.15, 0.2) is 5.82 Å². The van der Waals surface area contributed by atoms with Gasteiger partial charge in [-0.25, -0.2) is 0 Å². The first-order valence-electron chi connectivity index (χ1n) is 10.7. The van der Waals surface area contributed by atoms with Crippen LogP contribution in [-0.4, -0.2) is 31.2 Å². The number of aryl methyl sites for hydroxylation is 2. The molecule has 2 aliphatic rings. The van der Waals surface area contributed by atoms with Crippen molar-refractivity contribution in [2.45, 2.75) is 32.0 Å². The van der Waals surface area contributed by atoms with Gasteiger partial charge in [-0.2, -0.15) is 0 Å². The van der Waals surface area contributed by atoms with Gasteiger partial charge in [0.1, 0.15) is 5.82 Å². The van der Waals surface area contributed by atoms with Crippen molar-refractivity contribution in [1.82, 2.24) is 24.6 Å². The predicted molar refractivity (Wildman–Crippen MR) is 123 cm³/mol. The molecule has 1 aliphatic carbocycles. The first-order chi connectivity index (χ1) is 15.3. The van der Waals surface area contributed by atoms with Gasteiger partial charge in [-0.05, 0) is 57.1 Å². The Labute approximate surface area is 189 Å². The fourth-order valence-electron chi connectivity index (χ4n) is 5.03. The Balaban J connectivity index is 1.40. The minimum Gasteiger partial charge on any atom is -0.309 e. The van der Waals surface area contributed by atoms with Crippen molar-refractivity contribution in [2.75, 3.05) is 6.54 Å². The summed E-state index contributed by atoms with van der Waals surface area (Å²) in [6.07, 6.45) is 5.83. The predicted octanol–water partition coefficient (Wildman–Crippen LogP) is 4.81. The minimum absolute atomic E-state index is 0.247. The van der Waals surface area contributed by atoms with Crippen LogP contribution in [-0.2, 0) is 25.9 Å². The summed E-state index contributed by atoms with van der Waals surface area (Å²) in [5, 5.41) is 9.09. The van der Waals surface area contributed by atoms with Crippen LogP contribution in [0.1, 0.15) is 34.1 Å². The molecule has 0 saturated carbocycles. The Hall–Kier alpha value is -2.83. The van der Waals surface area contributed by atoms with Crippen molar-refractivity contribution in [3.63, 3.8) is 0 Å². The standard InChI is InChI=1S/C25H22BrN5/c26-20-13-19(14-27-15-20)25-29-28-23-16-30(11-12-31(23)25)24-21-7-3-1-5-17(21)9-10-18-6-2-4-8-22(18)24/h1-8,13-15,24H,9-12,16H2. The van der Waals surface area contributed by atoms with Crippen LogP contribution in [0.5, 0.6) is 0 Å². The highest BCUT2D eigenvalue weighted by molar-refractivity contribution is 9.10. The lowest BCUT2D eigenvalue weighted by Gasteiger charge is -2.36. The molecule has 0 radical (unpaired) electrons. The third-order valence-corrected chi connectivity index (χ3v) is 6.91. The van der Waals surface area contributed by atoms with Gasteiger partial charge >= 0.3 is 0 Å². The molecule has 6 heteroatoms. The van der Waals surface area contributed by atoms with Gasteiger partial charge in [0, 0.05) is 35.5 Å². The van der Waals surface area contributed by atoms with Crippen molar-refractivity contribution in [2.24, 2.45) is 0 Å². The summed E-state index contributed by atoms with van der Waals surface area (Å²) in [5.41, 5.74) is 6.76. The van der Waals surface area contributed by atoms with Gasteiger partial charge < -0.3 is 4.57 Å². The molecule has 0 spiro atoms. The molecule has 5 nitrogen and oxygen atoms in total. The number of rotatable bonds is 2. The Kier molecular flexibility index (Phi) is 4.69. The van der Waals surface area contributed by atoms with Crippen LogP contribution in [0.25, 0.3) is 11.4 Å². The van der Waals surface area contributed by atoms with E-state index in [2.05, 4.69) is 95.2 Å². The van der Waals surface area contributed by atoms with Gasteiger partial charge in [-0.1, -0.05) is 48.5 Å². The zero-order valence-electron chi connectivity index (χ0n) is 17.1. The van der Waals surface area contributed by atoms with Gasteiger partial charge in [-0.15, -0.1) is 10.2 Å². The summed E-state index contributed by atoms with van der Waals surface area (Å²) in [6, 6.07) is 20.2. The third kappa shape index (κ3) is 3.30. The molecule has 0 fully saturated rings. The summed E-state index contributed by atoms with van der Waals surface area (Å²) in [4.78, 5) is 6.86. The Morgan fingerprint density at radius 1 is 0.839 bits per heavy atom. The maximum atomic E-state index is 4.57. The fourth-order valence-corrected chi connectivity index (χ4v) is 5.40. The molecule has 0 saturated heterocycles. The van der Waals surface area contributed by atoms with E-state index in [4.69, 9.17) is 0 Å². The van der Waals surface area contributed by atoms with E-state index >= 15 is 0 Å². The maximum Gasteiger partial charge on any atom is 0.165 e. The number of benzene rings is 2. The van der Waals surface area contributed by atoms with Crippen LogP contribution in [0.2, 0.25) is 0 Å². The Bertz CT molecular complexity index is 1220. The molecule has 6 rings (SSSR count). The van der Waals surface area contributed by atoms with E-state index in [1.165, 1.54) is 22.3 Å². The smallest absolute Gasteiger partial charge is 0.165 e. The highest BCUT2D eigenvalue weighted by atomic mass is 79.9. The second-order valence-electron chi connectivity index (χ2n) is 8.25. The lowest BCUT2D eigenvalue weighted by Crippen LogP contribution is -2.37. The Morgan fingerprint density at radius 2 is 1.55 bits per heavy atom. The van der Waals surface area contributed by atoms with Crippen molar-refractivity contribution in [3.8, 4) is 11.4 Å². The van der Waals surface area contributed by atoms with Gasteiger partial charge in [0.2, 0.25) is 0 Å². The van der Waals surface area contributed by atoms with Crippen LogP contribution in [0.4, 0.5) is 0 Å². The average Bonchev–Trinajstić information content (AvgIpc) is 3.15. The largest absolute Gasteiger partial charge is 0.309 e. The molecule has 0 bridgehead atoms. The normalized spacial score (nSPS) is 16.3. The molecular formula is C25H22BrN5. The second-order valence-corrected chi connectivity index (χ2v) is 9.17. The second kappa shape index (κ2) is 7.70. The van der Waals surface area contributed by atoms with Crippen LogP contribution >= 0.6 is 15.9 Å². The number of hydrogen-bond acceptors (Lipinski definition) is 4. The van der Waals surface area contributed by atoms with Crippen molar-refractivity contribution in [1.29, 1.82) is 0 Å². The van der Waals surface area contributed by atoms with Crippen LogP contribution in [0, 0.1) is 0 Å². The van der Waals surface area contributed by atoms with E-state index in [1.54, 1.807) is 6.20 Å². The van der Waals surface area contributed by atoms with Crippen LogP contribution in [0.15, 0.2) is 71.5 Å². The lowest BCUT2D eigenvalue weighted by molar-refractivity contribution is 0.176. The zero-order chi connectivity index (χ0) is 20.8. The molecule has 0 atom stereocenters. The number of nitrogens with zero attached hydrogens (tertiary/aromatic N) is 5. The monoisotopic (exact) mass is 471 g/mol. The molecule has 0 amide bonds. The number of fused-ring (bicyclic) bond motifs is 3. The van der Waals surface area contributed by atoms with Crippen LogP contribution < -0.4 is 0 Å². The maximum absolute atomic E-state index is 4.57. The number of pyridine rings is 1. The SMILES string of the molecule is Brc1cncc(-c2nnc3n2CCN(C2c4ccccc4CCc4ccccc42)C3)c1. The topological polar surface area (TPSA) is 46.8 Å². The molecule has 3 heterocycles. The quantitative estimate of drug-likeness (QED) is 0.420. The molecule has 154 valence electrons. The van der Waals surface area contributed by atoms with Gasteiger partial charge in [-0.3, -0.25) is 9.88 Å². The molecule has 0 unspecified atom stereocenters.